The standard InChI is InChI=1S/C61H58N4O/c1-59(2,3)46-31-32-62-58(37-46)65-55-30-27-47(61(7,8)45-23-16-11-17-24-45)36-54(55)53-29-28-52(39-56(53)65)66-51-26-18-25-49(38-51)63-40-57(43-21-14-10-15-22-43)64(41-63)50-34-44(42-19-12-9-13-20-42)33-48(35-50)60(4,5)6/h9-40H,41H2,1-8H3. The Hall–Kier alpha value is -7.37. The van der Waals surface area contributed by atoms with Crippen LogP contribution in [0.3, 0.4) is 0 Å². The summed E-state index contributed by atoms with van der Waals surface area (Å²) < 4.78 is 9.13. The van der Waals surface area contributed by atoms with Crippen LogP contribution >= 0.6 is 0 Å². The highest BCUT2D eigenvalue weighted by Gasteiger charge is 2.28. The fourth-order valence-electron chi connectivity index (χ4n) is 9.29. The molecule has 0 saturated heterocycles. The number of rotatable bonds is 9. The Morgan fingerprint density at radius 1 is 0.455 bits per heavy atom. The molecule has 0 aliphatic carbocycles. The maximum Gasteiger partial charge on any atom is 0.137 e. The molecule has 9 aromatic rings. The van der Waals surface area contributed by atoms with Crippen molar-refractivity contribution in [2.24, 2.45) is 0 Å². The van der Waals surface area contributed by atoms with E-state index >= 15 is 0 Å². The number of aromatic nitrogens is 2. The van der Waals surface area contributed by atoms with Crippen LogP contribution in [0.4, 0.5) is 11.4 Å². The zero-order chi connectivity index (χ0) is 45.8. The van der Waals surface area contributed by atoms with Crippen LogP contribution in [0.25, 0.3) is 44.4 Å². The van der Waals surface area contributed by atoms with Gasteiger partial charge in [0.2, 0.25) is 0 Å². The van der Waals surface area contributed by atoms with E-state index in [4.69, 9.17) is 9.72 Å². The van der Waals surface area contributed by atoms with Gasteiger partial charge in [0.25, 0.3) is 0 Å². The summed E-state index contributed by atoms with van der Waals surface area (Å²) in [5.41, 5.74) is 13.9. The summed E-state index contributed by atoms with van der Waals surface area (Å²) in [4.78, 5) is 9.74. The number of anilines is 2. The van der Waals surface area contributed by atoms with Crippen molar-refractivity contribution in [2.75, 3.05) is 16.5 Å². The molecule has 0 unspecified atom stereocenters. The van der Waals surface area contributed by atoms with Gasteiger partial charge in [-0.2, -0.15) is 0 Å². The minimum atomic E-state index is -0.187. The molecule has 0 fully saturated rings. The molecule has 7 aromatic carbocycles. The van der Waals surface area contributed by atoms with Gasteiger partial charge in [-0.3, -0.25) is 4.57 Å². The SMILES string of the molecule is CC(C)(C)c1cc(-c2ccccc2)cc(N2CN(c3cccc(Oc4ccc5c6cc(C(C)(C)c7ccccc7)ccc6n(-c6cc(C(C)(C)C)ccn6)c5c4)c3)C=C2c2ccccc2)c1. The third kappa shape index (κ3) is 8.15. The van der Waals surface area contributed by atoms with E-state index < -0.39 is 0 Å². The van der Waals surface area contributed by atoms with Crippen molar-refractivity contribution in [3.05, 3.63) is 222 Å². The Morgan fingerprint density at radius 3 is 1.85 bits per heavy atom. The van der Waals surface area contributed by atoms with Crippen molar-refractivity contribution in [1.82, 2.24) is 9.55 Å². The van der Waals surface area contributed by atoms with Gasteiger partial charge in [0, 0.05) is 52.1 Å². The summed E-state index contributed by atoms with van der Waals surface area (Å²) in [5, 5.41) is 2.34. The van der Waals surface area contributed by atoms with E-state index in [0.29, 0.717) is 6.67 Å². The lowest BCUT2D eigenvalue weighted by atomic mass is 9.78. The largest absolute Gasteiger partial charge is 0.457 e. The van der Waals surface area contributed by atoms with Crippen LogP contribution in [0.1, 0.15) is 83.2 Å². The van der Waals surface area contributed by atoms with E-state index in [-0.39, 0.29) is 16.2 Å². The Labute approximate surface area is 390 Å². The number of hydrogen-bond acceptors (Lipinski definition) is 4. The number of fused-ring (bicyclic) bond motifs is 3. The van der Waals surface area contributed by atoms with Crippen LogP contribution < -0.4 is 14.5 Å². The topological polar surface area (TPSA) is 33.5 Å². The van der Waals surface area contributed by atoms with Crippen LogP contribution in [0.5, 0.6) is 11.5 Å². The van der Waals surface area contributed by atoms with E-state index in [1.54, 1.807) is 0 Å². The molecule has 0 atom stereocenters. The quantitative estimate of drug-likeness (QED) is 0.145. The summed E-state index contributed by atoms with van der Waals surface area (Å²) in [5.74, 6) is 2.42. The molecule has 5 heteroatoms. The molecule has 66 heavy (non-hydrogen) atoms. The van der Waals surface area contributed by atoms with Gasteiger partial charge in [-0.25, -0.2) is 4.98 Å². The molecule has 0 radical (unpaired) electrons. The van der Waals surface area contributed by atoms with E-state index in [0.717, 1.165) is 56.4 Å². The monoisotopic (exact) mass is 862 g/mol. The first-order chi connectivity index (χ1) is 31.7. The van der Waals surface area contributed by atoms with E-state index in [9.17, 15) is 0 Å². The van der Waals surface area contributed by atoms with Crippen LogP contribution in [-0.2, 0) is 16.2 Å². The Kier molecular flexibility index (Phi) is 10.7. The first-order valence-corrected chi connectivity index (χ1v) is 23.1. The van der Waals surface area contributed by atoms with Crippen molar-refractivity contribution in [2.45, 2.75) is 71.6 Å². The normalized spacial score (nSPS) is 13.4. The molecule has 10 rings (SSSR count). The zero-order valence-electron chi connectivity index (χ0n) is 39.4. The van der Waals surface area contributed by atoms with Crippen molar-refractivity contribution in [3.63, 3.8) is 0 Å². The summed E-state index contributed by atoms with van der Waals surface area (Å²) >= 11 is 0. The highest BCUT2D eigenvalue weighted by Crippen LogP contribution is 2.42. The molecule has 2 aromatic heterocycles. The second-order valence-corrected chi connectivity index (χ2v) is 20.3. The predicted octanol–water partition coefficient (Wildman–Crippen LogP) is 15.8. The average Bonchev–Trinajstić information content (AvgIpc) is 3.92. The second-order valence-electron chi connectivity index (χ2n) is 20.3. The maximum atomic E-state index is 6.83. The summed E-state index contributed by atoms with van der Waals surface area (Å²) in [6, 6.07) is 65.4. The van der Waals surface area contributed by atoms with Gasteiger partial charge in [-0.15, -0.1) is 0 Å². The highest BCUT2D eigenvalue weighted by atomic mass is 16.5. The predicted molar refractivity (Wildman–Crippen MR) is 277 cm³/mol. The average molecular weight is 863 g/mol. The molecule has 5 nitrogen and oxygen atoms in total. The molecule has 1 aliphatic heterocycles. The maximum absolute atomic E-state index is 6.83. The van der Waals surface area contributed by atoms with E-state index in [2.05, 4.69) is 252 Å². The van der Waals surface area contributed by atoms with E-state index in [1.165, 1.54) is 38.8 Å². The van der Waals surface area contributed by atoms with Gasteiger partial charge in [0.15, 0.2) is 0 Å². The van der Waals surface area contributed by atoms with Gasteiger partial charge in [0.05, 0.1) is 23.4 Å². The van der Waals surface area contributed by atoms with Crippen LogP contribution in [-0.4, -0.2) is 16.2 Å². The molecule has 1 aliphatic rings. The molecule has 328 valence electrons. The third-order valence-electron chi connectivity index (χ3n) is 13.3. The number of ether oxygens (including phenoxy) is 1. The van der Waals surface area contributed by atoms with Crippen molar-refractivity contribution in [3.8, 4) is 28.4 Å². The molecule has 0 N–H and O–H groups in total. The number of pyridine rings is 1. The lowest BCUT2D eigenvalue weighted by Gasteiger charge is -2.28. The Morgan fingerprint density at radius 2 is 1.14 bits per heavy atom. The van der Waals surface area contributed by atoms with E-state index in [1.807, 2.05) is 12.3 Å². The van der Waals surface area contributed by atoms with Crippen LogP contribution in [0, 0.1) is 0 Å². The number of nitrogens with zero attached hydrogens (tertiary/aromatic N) is 4. The molecule has 0 spiro atoms. The lowest BCUT2D eigenvalue weighted by molar-refractivity contribution is 0.483. The van der Waals surface area contributed by atoms with Crippen LogP contribution in [0.15, 0.2) is 194 Å². The molecular formula is C61H58N4O. The summed E-state index contributed by atoms with van der Waals surface area (Å²) in [6.07, 6.45) is 4.21. The molecule has 0 bridgehead atoms. The fourth-order valence-corrected chi connectivity index (χ4v) is 9.29. The molecule has 3 heterocycles. The molecular weight excluding hydrogens is 805 g/mol. The zero-order valence-corrected chi connectivity index (χ0v) is 39.4. The highest BCUT2D eigenvalue weighted by molar-refractivity contribution is 6.10. The number of hydrogen-bond donors (Lipinski definition) is 0. The van der Waals surface area contributed by atoms with Gasteiger partial charge >= 0.3 is 0 Å². The number of benzene rings is 7. The third-order valence-corrected chi connectivity index (χ3v) is 13.3. The Balaban J connectivity index is 1.03. The smallest absolute Gasteiger partial charge is 0.137 e. The summed E-state index contributed by atoms with van der Waals surface area (Å²) in [7, 11) is 0. The van der Waals surface area contributed by atoms with Crippen molar-refractivity contribution in [1.29, 1.82) is 0 Å². The Bertz CT molecular complexity index is 3240. The fraction of sp³-hybridized carbons (Fsp3) is 0.197. The second kappa shape index (κ2) is 16.6. The first-order valence-electron chi connectivity index (χ1n) is 23.1. The van der Waals surface area contributed by atoms with Crippen molar-refractivity contribution >= 4 is 38.9 Å². The minimum Gasteiger partial charge on any atom is -0.457 e. The summed E-state index contributed by atoms with van der Waals surface area (Å²) in [6.45, 7) is 18.9. The minimum absolute atomic E-state index is 0.0339. The lowest BCUT2D eigenvalue weighted by Crippen LogP contribution is -2.26. The molecule has 0 amide bonds. The van der Waals surface area contributed by atoms with Crippen LogP contribution in [0.2, 0.25) is 0 Å². The van der Waals surface area contributed by atoms with Gasteiger partial charge in [-0.1, -0.05) is 165 Å². The first kappa shape index (κ1) is 42.6. The van der Waals surface area contributed by atoms with Gasteiger partial charge in [-0.05, 0) is 110 Å². The van der Waals surface area contributed by atoms with Crippen molar-refractivity contribution < 1.29 is 4.74 Å². The van der Waals surface area contributed by atoms with Gasteiger partial charge in [0.1, 0.15) is 17.3 Å². The van der Waals surface area contributed by atoms with Gasteiger partial charge < -0.3 is 14.5 Å². The molecule has 0 saturated carbocycles.